The van der Waals surface area contributed by atoms with Crippen molar-refractivity contribution in [1.82, 2.24) is 4.31 Å². The van der Waals surface area contributed by atoms with E-state index in [2.05, 4.69) is 29.1 Å². The molecule has 0 unspecified atom stereocenters. The summed E-state index contributed by atoms with van der Waals surface area (Å²) < 4.78 is 32.2. The number of methoxy groups -OCH3 is 1. The fourth-order valence-corrected chi connectivity index (χ4v) is 4.38. The Kier molecular flexibility index (Phi) is 6.26. The monoisotopic (exact) mass is 379 g/mol. The van der Waals surface area contributed by atoms with Crippen LogP contribution in [0.4, 0.5) is 0 Å². The summed E-state index contributed by atoms with van der Waals surface area (Å²) in [5.41, 5.74) is 0. The van der Waals surface area contributed by atoms with Gasteiger partial charge in [-0.2, -0.15) is 4.31 Å². The minimum Gasteiger partial charge on any atom is -0.494 e. The molecular weight excluding hydrogens is 366 g/mol. The third-order valence-electron chi connectivity index (χ3n) is 2.46. The second-order valence-corrected chi connectivity index (χ2v) is 7.02. The summed E-state index contributed by atoms with van der Waals surface area (Å²) in [4.78, 5) is 0.00285. The first-order valence-corrected chi connectivity index (χ1v) is 8.24. The van der Waals surface area contributed by atoms with Gasteiger partial charge in [0.1, 0.15) is 4.90 Å². The lowest BCUT2D eigenvalue weighted by molar-refractivity contribution is 0.395. The average Bonchev–Trinajstić information content (AvgIpc) is 2.37. The van der Waals surface area contributed by atoms with Crippen molar-refractivity contribution in [3.63, 3.8) is 0 Å². The highest BCUT2D eigenvalue weighted by molar-refractivity contribution is 9.10. The van der Waals surface area contributed by atoms with Crippen molar-refractivity contribution in [3.8, 4) is 5.75 Å². The zero-order chi connectivity index (χ0) is 15.3. The van der Waals surface area contributed by atoms with Gasteiger partial charge in [-0.25, -0.2) is 8.42 Å². The van der Waals surface area contributed by atoms with Gasteiger partial charge in [0.05, 0.1) is 11.6 Å². The van der Waals surface area contributed by atoms with Crippen LogP contribution in [-0.4, -0.2) is 32.9 Å². The van der Waals surface area contributed by atoms with E-state index in [0.717, 1.165) is 0 Å². The van der Waals surface area contributed by atoms with Crippen molar-refractivity contribution in [2.75, 3.05) is 20.2 Å². The lowest BCUT2D eigenvalue weighted by Crippen LogP contribution is -2.31. The molecule has 0 spiro atoms. The quantitative estimate of drug-likeness (QED) is 0.680. The van der Waals surface area contributed by atoms with Crippen LogP contribution in [-0.2, 0) is 10.0 Å². The Labute approximate surface area is 132 Å². The summed E-state index contributed by atoms with van der Waals surface area (Å²) >= 11 is 9.18. The Balaban J connectivity index is 3.47. The predicted octanol–water partition coefficient (Wildman–Crippen LogP) is 3.47. The van der Waals surface area contributed by atoms with Crippen LogP contribution < -0.4 is 4.74 Å². The second-order valence-electron chi connectivity index (χ2n) is 3.82. The lowest BCUT2D eigenvalue weighted by atomic mass is 10.3. The third-order valence-corrected chi connectivity index (χ3v) is 5.11. The number of sulfonamides is 1. The van der Waals surface area contributed by atoms with Crippen LogP contribution in [0.2, 0.25) is 5.02 Å². The number of hydrogen-bond acceptors (Lipinski definition) is 3. The highest BCUT2D eigenvalue weighted by Gasteiger charge is 2.28. The molecule has 0 saturated carbocycles. The molecule has 0 heterocycles. The summed E-state index contributed by atoms with van der Waals surface area (Å²) in [5, 5.41) is 0.299. The zero-order valence-electron chi connectivity index (χ0n) is 11.0. The van der Waals surface area contributed by atoms with Crippen LogP contribution >= 0.6 is 27.5 Å². The maximum absolute atomic E-state index is 12.7. The van der Waals surface area contributed by atoms with E-state index in [9.17, 15) is 8.42 Å². The smallest absolute Gasteiger partial charge is 0.247 e. The Morgan fingerprint density at radius 2 is 1.90 bits per heavy atom. The van der Waals surface area contributed by atoms with E-state index in [0.29, 0.717) is 9.50 Å². The van der Waals surface area contributed by atoms with Gasteiger partial charge in [-0.05, 0) is 28.1 Å². The molecule has 20 heavy (non-hydrogen) atoms. The molecule has 0 aromatic heterocycles. The van der Waals surface area contributed by atoms with Gasteiger partial charge in [0.15, 0.2) is 5.75 Å². The number of rotatable bonds is 7. The molecule has 0 radical (unpaired) electrons. The maximum Gasteiger partial charge on any atom is 0.247 e. The molecule has 110 valence electrons. The van der Waals surface area contributed by atoms with Gasteiger partial charge in [0.2, 0.25) is 10.0 Å². The van der Waals surface area contributed by atoms with Crippen LogP contribution in [0.15, 0.2) is 46.8 Å². The van der Waals surface area contributed by atoms with Crippen LogP contribution in [0.25, 0.3) is 0 Å². The molecule has 1 rings (SSSR count). The Bertz CT molecular complexity index is 606. The molecular formula is C13H15BrClNO3S. The molecule has 0 saturated heterocycles. The van der Waals surface area contributed by atoms with E-state index >= 15 is 0 Å². The predicted molar refractivity (Wildman–Crippen MR) is 84.9 cm³/mol. The first-order chi connectivity index (χ1) is 9.38. The Hall–Kier alpha value is -0.820. The van der Waals surface area contributed by atoms with Crippen molar-refractivity contribution < 1.29 is 13.2 Å². The van der Waals surface area contributed by atoms with Gasteiger partial charge in [-0.15, -0.1) is 13.2 Å². The third kappa shape index (κ3) is 3.63. The molecule has 0 fully saturated rings. The lowest BCUT2D eigenvalue weighted by Gasteiger charge is -2.21. The summed E-state index contributed by atoms with van der Waals surface area (Å²) in [7, 11) is -2.36. The molecule has 1 aromatic rings. The zero-order valence-corrected chi connectivity index (χ0v) is 14.1. The van der Waals surface area contributed by atoms with Gasteiger partial charge in [0, 0.05) is 18.1 Å². The molecule has 0 bridgehead atoms. The summed E-state index contributed by atoms with van der Waals surface area (Å²) in [6.45, 7) is 7.46. The molecule has 0 amide bonds. The van der Waals surface area contributed by atoms with E-state index in [1.54, 1.807) is 6.07 Å². The van der Waals surface area contributed by atoms with Gasteiger partial charge in [-0.3, -0.25) is 0 Å². The minimum absolute atomic E-state index is 0.00285. The SMILES string of the molecule is C=CCN(CC=C)S(=O)(=O)c1cc(Cl)cc(Br)c1OC. The second kappa shape index (κ2) is 7.26. The summed E-state index contributed by atoms with van der Waals surface area (Å²) in [6.07, 6.45) is 3.01. The average molecular weight is 381 g/mol. The molecule has 7 heteroatoms. The van der Waals surface area contributed by atoms with E-state index in [4.69, 9.17) is 16.3 Å². The summed E-state index contributed by atoms with van der Waals surface area (Å²) in [6, 6.07) is 2.93. The highest BCUT2D eigenvalue weighted by Crippen LogP contribution is 2.36. The van der Waals surface area contributed by atoms with Crippen molar-refractivity contribution >= 4 is 37.6 Å². The van der Waals surface area contributed by atoms with Crippen molar-refractivity contribution in [2.24, 2.45) is 0 Å². The first kappa shape index (κ1) is 17.2. The highest BCUT2D eigenvalue weighted by atomic mass is 79.9. The van der Waals surface area contributed by atoms with Crippen molar-refractivity contribution in [2.45, 2.75) is 4.90 Å². The van der Waals surface area contributed by atoms with Crippen molar-refractivity contribution in [1.29, 1.82) is 0 Å². The van der Waals surface area contributed by atoms with E-state index in [-0.39, 0.29) is 23.7 Å². The van der Waals surface area contributed by atoms with Gasteiger partial charge in [-0.1, -0.05) is 23.8 Å². The standard InChI is InChI=1S/C13H15BrClNO3S/c1-4-6-16(7-5-2)20(17,18)12-9-10(15)8-11(14)13(12)19-3/h4-5,8-9H,1-2,6-7H2,3H3. The number of ether oxygens (including phenoxy) is 1. The van der Waals surface area contributed by atoms with Crippen LogP contribution in [0.1, 0.15) is 0 Å². The first-order valence-electron chi connectivity index (χ1n) is 5.63. The van der Waals surface area contributed by atoms with Gasteiger partial charge in [0.25, 0.3) is 0 Å². The molecule has 0 aliphatic carbocycles. The fraction of sp³-hybridized carbons (Fsp3) is 0.231. The summed E-state index contributed by atoms with van der Waals surface area (Å²) in [5.74, 6) is 0.215. The van der Waals surface area contributed by atoms with Crippen LogP contribution in [0, 0.1) is 0 Å². The number of nitrogens with zero attached hydrogens (tertiary/aromatic N) is 1. The molecule has 0 aliphatic heterocycles. The maximum atomic E-state index is 12.7. The number of halogens is 2. The molecule has 4 nitrogen and oxygen atoms in total. The molecule has 1 aromatic carbocycles. The van der Waals surface area contributed by atoms with Gasteiger partial charge >= 0.3 is 0 Å². The van der Waals surface area contributed by atoms with E-state index in [1.807, 2.05) is 0 Å². The van der Waals surface area contributed by atoms with E-state index in [1.165, 1.54) is 29.6 Å². The number of benzene rings is 1. The largest absolute Gasteiger partial charge is 0.494 e. The normalized spacial score (nSPS) is 11.4. The van der Waals surface area contributed by atoms with Gasteiger partial charge < -0.3 is 4.74 Å². The van der Waals surface area contributed by atoms with Crippen LogP contribution in [0.5, 0.6) is 5.75 Å². The Morgan fingerprint density at radius 3 is 2.35 bits per heavy atom. The molecule has 0 aliphatic rings. The topological polar surface area (TPSA) is 46.6 Å². The molecule has 0 atom stereocenters. The van der Waals surface area contributed by atoms with Crippen LogP contribution in [0.3, 0.4) is 0 Å². The fourth-order valence-electron chi connectivity index (χ4n) is 1.62. The minimum atomic E-state index is -3.76. The van der Waals surface area contributed by atoms with Crippen molar-refractivity contribution in [3.05, 3.63) is 46.9 Å². The Morgan fingerprint density at radius 1 is 1.35 bits per heavy atom. The van der Waals surface area contributed by atoms with E-state index < -0.39 is 10.0 Å². The molecule has 0 N–H and O–H groups in total. The number of hydrogen-bond donors (Lipinski definition) is 0.